The van der Waals surface area contributed by atoms with Crippen molar-refractivity contribution < 1.29 is 18.3 Å². The number of nitrogens with two attached hydrogens (primary N) is 2. The van der Waals surface area contributed by atoms with Gasteiger partial charge in [-0.25, -0.2) is 13.6 Å². The van der Waals surface area contributed by atoms with Crippen LogP contribution in [0.5, 0.6) is 0 Å². The number of benzene rings is 1. The van der Waals surface area contributed by atoms with Gasteiger partial charge < -0.3 is 16.2 Å². The molecular formula is C10H15N3O4S. The summed E-state index contributed by atoms with van der Waals surface area (Å²) in [6, 6.07) is 4.80. The Balaban J connectivity index is 2.63. The van der Waals surface area contributed by atoms with E-state index in [0.717, 1.165) is 0 Å². The second-order valence-corrected chi connectivity index (χ2v) is 5.26. The molecule has 0 heterocycles. The summed E-state index contributed by atoms with van der Waals surface area (Å²) in [4.78, 5) is 11.3. The molecule has 0 unspecified atom stereocenters. The fourth-order valence-electron chi connectivity index (χ4n) is 1.20. The number of rotatable bonds is 5. The maximum Gasteiger partial charge on any atom is 0.239 e. The van der Waals surface area contributed by atoms with E-state index in [1.54, 1.807) is 0 Å². The van der Waals surface area contributed by atoms with Gasteiger partial charge in [-0.3, -0.25) is 4.79 Å². The molecule has 1 rings (SSSR count). The number of nitrogens with one attached hydrogen (secondary N) is 1. The number of carbonyl (C=O) groups is 1. The molecule has 0 spiro atoms. The minimum Gasteiger partial charge on any atom is -0.394 e. The Kier molecular flexibility index (Phi) is 4.79. The Morgan fingerprint density at radius 2 is 1.89 bits per heavy atom. The smallest absolute Gasteiger partial charge is 0.239 e. The number of hydrogen-bond donors (Lipinski definition) is 4. The zero-order chi connectivity index (χ0) is 13.8. The Hall–Kier alpha value is -1.48. The third kappa shape index (κ3) is 4.08. The molecule has 100 valence electrons. The largest absolute Gasteiger partial charge is 0.394 e. The van der Waals surface area contributed by atoms with Crippen molar-refractivity contribution in [2.24, 2.45) is 10.9 Å². The molecule has 0 saturated carbocycles. The molecular weight excluding hydrogens is 258 g/mol. The molecule has 1 atom stereocenters. The highest BCUT2D eigenvalue weighted by molar-refractivity contribution is 7.89. The van der Waals surface area contributed by atoms with E-state index in [-0.39, 0.29) is 11.4 Å². The minimum absolute atomic E-state index is 0.00429. The molecule has 1 aromatic rings. The van der Waals surface area contributed by atoms with Gasteiger partial charge in [0.2, 0.25) is 15.9 Å². The van der Waals surface area contributed by atoms with Gasteiger partial charge in [0.1, 0.15) is 6.04 Å². The third-order valence-corrected chi connectivity index (χ3v) is 3.18. The van der Waals surface area contributed by atoms with E-state index in [9.17, 15) is 13.2 Å². The van der Waals surface area contributed by atoms with Crippen molar-refractivity contribution in [3.8, 4) is 0 Å². The molecule has 6 N–H and O–H groups in total. The van der Waals surface area contributed by atoms with Crippen LogP contribution >= 0.6 is 0 Å². The molecule has 1 amide bonds. The summed E-state index contributed by atoms with van der Waals surface area (Å²) in [5.41, 5.74) is 6.00. The van der Waals surface area contributed by atoms with Crippen molar-refractivity contribution in [1.82, 2.24) is 5.32 Å². The van der Waals surface area contributed by atoms with Gasteiger partial charge in [0.05, 0.1) is 11.5 Å². The summed E-state index contributed by atoms with van der Waals surface area (Å²) < 4.78 is 22.0. The van der Waals surface area contributed by atoms with E-state index in [0.29, 0.717) is 5.56 Å². The van der Waals surface area contributed by atoms with Gasteiger partial charge in [0, 0.05) is 6.54 Å². The van der Waals surface area contributed by atoms with E-state index in [1.165, 1.54) is 24.3 Å². The summed E-state index contributed by atoms with van der Waals surface area (Å²) >= 11 is 0. The van der Waals surface area contributed by atoms with Crippen molar-refractivity contribution in [2.75, 3.05) is 6.61 Å². The van der Waals surface area contributed by atoms with Crippen molar-refractivity contribution in [3.63, 3.8) is 0 Å². The van der Waals surface area contributed by atoms with E-state index in [1.807, 2.05) is 0 Å². The molecule has 0 aliphatic rings. The number of primary sulfonamides is 1. The maximum absolute atomic E-state index is 11.3. The molecule has 7 nitrogen and oxygen atoms in total. The van der Waals surface area contributed by atoms with Crippen molar-refractivity contribution in [2.45, 2.75) is 17.5 Å². The lowest BCUT2D eigenvalue weighted by atomic mass is 10.2. The number of carbonyl (C=O) groups excluding carboxylic acids is 1. The second kappa shape index (κ2) is 5.91. The van der Waals surface area contributed by atoms with Crippen LogP contribution in [0.3, 0.4) is 0 Å². The topological polar surface area (TPSA) is 136 Å². The van der Waals surface area contributed by atoms with Gasteiger partial charge in [-0.1, -0.05) is 12.1 Å². The fraction of sp³-hybridized carbons (Fsp3) is 0.300. The summed E-state index contributed by atoms with van der Waals surface area (Å²) in [6.07, 6.45) is 0. The van der Waals surface area contributed by atoms with Crippen LogP contribution in [0.2, 0.25) is 0 Å². The molecule has 0 aliphatic heterocycles. The highest BCUT2D eigenvalue weighted by atomic mass is 32.2. The van der Waals surface area contributed by atoms with Crippen LogP contribution in [0, 0.1) is 0 Å². The SMILES string of the molecule is N[C@H](CO)C(=O)NCc1ccc(S(N)(=O)=O)cc1. The summed E-state index contributed by atoms with van der Waals surface area (Å²) in [5, 5.41) is 16.1. The highest BCUT2D eigenvalue weighted by Crippen LogP contribution is 2.08. The van der Waals surface area contributed by atoms with Crippen LogP contribution in [-0.4, -0.2) is 32.1 Å². The van der Waals surface area contributed by atoms with Crippen molar-refractivity contribution in [3.05, 3.63) is 29.8 Å². The van der Waals surface area contributed by atoms with Gasteiger partial charge in [0.25, 0.3) is 0 Å². The number of aliphatic hydroxyl groups excluding tert-OH is 1. The monoisotopic (exact) mass is 273 g/mol. The molecule has 8 heteroatoms. The first-order chi connectivity index (χ1) is 8.34. The van der Waals surface area contributed by atoms with Gasteiger partial charge in [-0.15, -0.1) is 0 Å². The summed E-state index contributed by atoms with van der Waals surface area (Å²) in [6.45, 7) is -0.242. The van der Waals surface area contributed by atoms with Crippen molar-refractivity contribution in [1.29, 1.82) is 0 Å². The first-order valence-corrected chi connectivity index (χ1v) is 6.65. The number of amides is 1. The fourth-order valence-corrected chi connectivity index (χ4v) is 1.72. The van der Waals surface area contributed by atoms with Crippen LogP contribution < -0.4 is 16.2 Å². The first kappa shape index (κ1) is 14.6. The van der Waals surface area contributed by atoms with Crippen molar-refractivity contribution >= 4 is 15.9 Å². The maximum atomic E-state index is 11.3. The Morgan fingerprint density at radius 3 is 2.33 bits per heavy atom. The van der Waals surface area contributed by atoms with E-state index >= 15 is 0 Å². The lowest BCUT2D eigenvalue weighted by molar-refractivity contribution is -0.123. The van der Waals surface area contributed by atoms with E-state index in [4.69, 9.17) is 16.0 Å². The molecule has 0 aliphatic carbocycles. The zero-order valence-corrected chi connectivity index (χ0v) is 10.4. The van der Waals surface area contributed by atoms with Gasteiger partial charge in [-0.2, -0.15) is 0 Å². The number of sulfonamides is 1. The normalized spacial score (nSPS) is 13.1. The summed E-state index contributed by atoms with van der Waals surface area (Å²) in [7, 11) is -3.71. The molecule has 1 aromatic carbocycles. The molecule has 0 fully saturated rings. The lowest BCUT2D eigenvalue weighted by Gasteiger charge is -2.09. The number of hydrogen-bond acceptors (Lipinski definition) is 5. The highest BCUT2D eigenvalue weighted by Gasteiger charge is 2.11. The zero-order valence-electron chi connectivity index (χ0n) is 9.54. The minimum atomic E-state index is -3.71. The predicted octanol–water partition coefficient (Wildman–Crippen LogP) is -1.73. The molecule has 0 radical (unpaired) electrons. The average Bonchev–Trinajstić information content (AvgIpc) is 2.34. The molecule has 0 bridgehead atoms. The van der Waals surface area contributed by atoms with Crippen LogP contribution in [0.1, 0.15) is 5.56 Å². The quantitative estimate of drug-likeness (QED) is 0.505. The van der Waals surface area contributed by atoms with Crippen LogP contribution in [0.4, 0.5) is 0 Å². The first-order valence-electron chi connectivity index (χ1n) is 5.10. The van der Waals surface area contributed by atoms with E-state index < -0.39 is 28.6 Å². The standard InChI is InChI=1S/C10H15N3O4S/c11-9(6-14)10(15)13-5-7-1-3-8(4-2-7)18(12,16)17/h1-4,9,14H,5-6,11H2,(H,13,15)(H2,12,16,17)/t9-/m1/s1. The predicted molar refractivity (Wildman–Crippen MR) is 64.7 cm³/mol. The Labute approximate surface area is 105 Å². The van der Waals surface area contributed by atoms with Gasteiger partial charge in [-0.05, 0) is 17.7 Å². The number of aliphatic hydroxyl groups is 1. The molecule has 18 heavy (non-hydrogen) atoms. The Morgan fingerprint density at radius 1 is 1.33 bits per heavy atom. The average molecular weight is 273 g/mol. The summed E-state index contributed by atoms with van der Waals surface area (Å²) in [5.74, 6) is -0.479. The van der Waals surface area contributed by atoms with Crippen LogP contribution in [0.15, 0.2) is 29.2 Å². The van der Waals surface area contributed by atoms with E-state index in [2.05, 4.69) is 5.32 Å². The van der Waals surface area contributed by atoms with Crippen LogP contribution in [0.25, 0.3) is 0 Å². The Bertz CT molecular complexity index is 512. The van der Waals surface area contributed by atoms with Gasteiger partial charge in [0.15, 0.2) is 0 Å². The second-order valence-electron chi connectivity index (χ2n) is 3.70. The molecule has 0 aromatic heterocycles. The third-order valence-electron chi connectivity index (χ3n) is 2.25. The van der Waals surface area contributed by atoms with Gasteiger partial charge >= 0.3 is 0 Å². The molecule has 0 saturated heterocycles. The van der Waals surface area contributed by atoms with Crippen LogP contribution in [-0.2, 0) is 21.4 Å². The lowest BCUT2D eigenvalue weighted by Crippen LogP contribution is -2.42.